The van der Waals surface area contributed by atoms with Crippen LogP contribution in [0.1, 0.15) is 18.5 Å². The van der Waals surface area contributed by atoms with Gasteiger partial charge in [-0.05, 0) is 19.1 Å². The third-order valence-corrected chi connectivity index (χ3v) is 4.54. The molecule has 1 atom stereocenters. The summed E-state index contributed by atoms with van der Waals surface area (Å²) in [5, 5.41) is 5.19. The Hall–Kier alpha value is -1.23. The number of hydrazine groups is 1. The minimum atomic E-state index is 0.0407. The summed E-state index contributed by atoms with van der Waals surface area (Å²) in [6.07, 6.45) is 1.89. The first-order chi connectivity index (χ1) is 10.1. The maximum Gasteiger partial charge on any atom is 0.142 e. The largest absolute Gasteiger partial charge is 0.367 e. The van der Waals surface area contributed by atoms with Crippen molar-refractivity contribution in [2.45, 2.75) is 13.0 Å². The highest BCUT2D eigenvalue weighted by molar-refractivity contribution is 6.36. The van der Waals surface area contributed by atoms with Gasteiger partial charge in [0.25, 0.3) is 0 Å². The quantitative estimate of drug-likeness (QED) is 0.719. The Kier molecular flexibility index (Phi) is 4.11. The lowest BCUT2D eigenvalue weighted by atomic mass is 10.0. The zero-order valence-electron chi connectivity index (χ0n) is 11.4. The van der Waals surface area contributed by atoms with Gasteiger partial charge in [-0.15, -0.1) is 0 Å². The number of allylic oxidation sites excluding steroid dienone is 1. The first-order valence-corrected chi connectivity index (χ1v) is 7.79. The van der Waals surface area contributed by atoms with E-state index < -0.39 is 0 Å². The molecule has 7 heteroatoms. The van der Waals surface area contributed by atoms with Crippen LogP contribution < -0.4 is 16.2 Å². The van der Waals surface area contributed by atoms with Crippen molar-refractivity contribution in [3.63, 3.8) is 0 Å². The highest BCUT2D eigenvalue weighted by atomic mass is 35.5. The number of benzene rings is 1. The fraction of sp³-hybridized carbons (Fsp3) is 0.286. The molecule has 0 saturated heterocycles. The van der Waals surface area contributed by atoms with Gasteiger partial charge in [-0.1, -0.05) is 40.9 Å². The zero-order valence-corrected chi connectivity index (χ0v) is 13.6. The molecule has 0 fully saturated rings. The first-order valence-electron chi connectivity index (χ1n) is 6.66. The van der Waals surface area contributed by atoms with Gasteiger partial charge < -0.3 is 10.2 Å². The van der Waals surface area contributed by atoms with Crippen LogP contribution in [-0.4, -0.2) is 18.0 Å². The van der Waals surface area contributed by atoms with E-state index in [2.05, 4.69) is 28.0 Å². The van der Waals surface area contributed by atoms with Gasteiger partial charge in [0.2, 0.25) is 0 Å². The van der Waals surface area contributed by atoms with Gasteiger partial charge in [0.05, 0.1) is 11.7 Å². The van der Waals surface area contributed by atoms with E-state index in [9.17, 15) is 0 Å². The van der Waals surface area contributed by atoms with Crippen LogP contribution in [0.5, 0.6) is 0 Å². The molecular formula is C14H15Cl3N4. The summed E-state index contributed by atoms with van der Waals surface area (Å²) in [6, 6.07) is 5.62. The molecule has 0 aliphatic carbocycles. The van der Waals surface area contributed by atoms with Crippen molar-refractivity contribution in [2.24, 2.45) is 0 Å². The molecule has 21 heavy (non-hydrogen) atoms. The third kappa shape index (κ3) is 2.76. The summed E-state index contributed by atoms with van der Waals surface area (Å²) in [5.74, 6) is 0.903. The van der Waals surface area contributed by atoms with Crippen LogP contribution in [0.25, 0.3) is 0 Å². The molecule has 2 heterocycles. The number of halogens is 3. The predicted octanol–water partition coefficient (Wildman–Crippen LogP) is 3.32. The minimum absolute atomic E-state index is 0.0407. The van der Waals surface area contributed by atoms with E-state index in [1.165, 1.54) is 0 Å². The summed E-state index contributed by atoms with van der Waals surface area (Å²) in [5.41, 5.74) is 7.85. The molecule has 2 aliphatic rings. The van der Waals surface area contributed by atoms with E-state index in [-0.39, 0.29) is 6.04 Å². The number of hydrogen-bond acceptors (Lipinski definition) is 4. The van der Waals surface area contributed by atoms with Crippen LogP contribution in [0, 0.1) is 0 Å². The number of hydrogen-bond donors (Lipinski definition) is 3. The molecule has 0 saturated carbocycles. The number of rotatable bonds is 2. The Balaban J connectivity index is 1.99. The average molecular weight is 346 g/mol. The van der Waals surface area contributed by atoms with Crippen molar-refractivity contribution in [3.8, 4) is 0 Å². The number of nitrogens with zero attached hydrogens (tertiary/aromatic N) is 1. The smallest absolute Gasteiger partial charge is 0.142 e. The number of nitrogens with one attached hydrogen (secondary N) is 3. The lowest BCUT2D eigenvalue weighted by Gasteiger charge is -2.40. The van der Waals surface area contributed by atoms with Crippen molar-refractivity contribution in [2.75, 3.05) is 13.1 Å². The second-order valence-electron chi connectivity index (χ2n) is 4.93. The molecule has 0 spiro atoms. The Morgan fingerprint density at radius 3 is 2.57 bits per heavy atom. The first kappa shape index (κ1) is 14.7. The molecule has 0 amide bonds. The summed E-state index contributed by atoms with van der Waals surface area (Å²) < 4.78 is 0. The van der Waals surface area contributed by atoms with Gasteiger partial charge in [0.1, 0.15) is 11.0 Å². The lowest BCUT2D eigenvalue weighted by Crippen LogP contribution is -2.49. The maximum atomic E-state index is 6.34. The Morgan fingerprint density at radius 2 is 1.86 bits per heavy atom. The Morgan fingerprint density at radius 1 is 1.14 bits per heavy atom. The Labute approximate surface area is 138 Å². The van der Waals surface area contributed by atoms with Crippen molar-refractivity contribution in [1.29, 1.82) is 0 Å². The van der Waals surface area contributed by atoms with Gasteiger partial charge in [0, 0.05) is 34.8 Å². The summed E-state index contributed by atoms with van der Waals surface area (Å²) in [6.45, 7) is 3.75. The predicted molar refractivity (Wildman–Crippen MR) is 86.8 cm³/mol. The van der Waals surface area contributed by atoms with Crippen molar-refractivity contribution in [1.82, 2.24) is 21.1 Å². The topological polar surface area (TPSA) is 39.3 Å². The van der Waals surface area contributed by atoms with E-state index in [4.69, 9.17) is 34.8 Å². The highest BCUT2D eigenvalue weighted by Crippen LogP contribution is 2.36. The molecule has 0 aromatic heterocycles. The van der Waals surface area contributed by atoms with Crippen LogP contribution in [0.2, 0.25) is 10.0 Å². The molecule has 0 radical (unpaired) electrons. The fourth-order valence-electron chi connectivity index (χ4n) is 2.67. The van der Waals surface area contributed by atoms with E-state index in [0.29, 0.717) is 15.2 Å². The van der Waals surface area contributed by atoms with Gasteiger partial charge >= 0.3 is 0 Å². The van der Waals surface area contributed by atoms with Crippen LogP contribution in [0.4, 0.5) is 0 Å². The lowest BCUT2D eigenvalue weighted by molar-refractivity contribution is 0.252. The highest BCUT2D eigenvalue weighted by Gasteiger charge is 2.28. The molecule has 0 bridgehead atoms. The molecular weight excluding hydrogens is 331 g/mol. The van der Waals surface area contributed by atoms with E-state index in [1.807, 2.05) is 24.3 Å². The van der Waals surface area contributed by atoms with Crippen molar-refractivity contribution in [3.05, 3.63) is 56.6 Å². The average Bonchev–Trinajstić information content (AvgIpc) is 2.46. The zero-order chi connectivity index (χ0) is 15.0. The van der Waals surface area contributed by atoms with Crippen LogP contribution in [0.15, 0.2) is 40.9 Å². The van der Waals surface area contributed by atoms with Gasteiger partial charge in [0.15, 0.2) is 0 Å². The monoisotopic (exact) mass is 344 g/mol. The Bertz CT molecular complexity index is 606. The third-order valence-electron chi connectivity index (χ3n) is 3.68. The van der Waals surface area contributed by atoms with Crippen molar-refractivity contribution < 1.29 is 0 Å². The maximum absolute atomic E-state index is 6.34. The molecule has 2 aliphatic heterocycles. The standard InChI is InChI=1S/C14H15Cl3N4/c1-8(13-9(15)3-2-4-10(13)16)21-6-5-18-14-11(21)7-12(17)19-20-14/h2-4,7-8,18-20H,5-6H2,1H3. The van der Waals surface area contributed by atoms with Gasteiger partial charge in [-0.25, -0.2) is 0 Å². The molecule has 112 valence electrons. The second kappa shape index (κ2) is 5.87. The molecule has 3 N–H and O–H groups in total. The van der Waals surface area contributed by atoms with Gasteiger partial charge in [-0.2, -0.15) is 0 Å². The molecule has 1 aromatic rings. The fourth-order valence-corrected chi connectivity index (χ4v) is 3.53. The van der Waals surface area contributed by atoms with Crippen LogP contribution in [0.3, 0.4) is 0 Å². The van der Waals surface area contributed by atoms with Crippen LogP contribution >= 0.6 is 34.8 Å². The molecule has 3 rings (SSSR count). The van der Waals surface area contributed by atoms with E-state index in [0.717, 1.165) is 30.2 Å². The normalized spacial score (nSPS) is 19.0. The van der Waals surface area contributed by atoms with E-state index >= 15 is 0 Å². The minimum Gasteiger partial charge on any atom is -0.367 e. The molecule has 1 aromatic carbocycles. The van der Waals surface area contributed by atoms with Crippen molar-refractivity contribution >= 4 is 34.8 Å². The van der Waals surface area contributed by atoms with E-state index in [1.54, 1.807) is 0 Å². The summed E-state index contributed by atoms with van der Waals surface area (Å²) in [7, 11) is 0. The SMILES string of the molecule is CC(c1c(Cl)cccc1Cl)N1CCNC2=C1C=C(Cl)NN2. The van der Waals surface area contributed by atoms with Gasteiger partial charge in [-0.3, -0.25) is 10.9 Å². The summed E-state index contributed by atoms with van der Waals surface area (Å²) >= 11 is 18.7. The second-order valence-corrected chi connectivity index (χ2v) is 6.16. The summed E-state index contributed by atoms with van der Waals surface area (Å²) in [4.78, 5) is 2.23. The molecule has 1 unspecified atom stereocenters. The van der Waals surface area contributed by atoms with Crippen LogP contribution in [-0.2, 0) is 0 Å². The molecule has 4 nitrogen and oxygen atoms in total.